The smallest absolute Gasteiger partial charge is 0.350 e. The van der Waals surface area contributed by atoms with Crippen molar-refractivity contribution in [3.63, 3.8) is 0 Å². The molecule has 1 unspecified atom stereocenters. The molecule has 1 aromatic rings. The van der Waals surface area contributed by atoms with Gasteiger partial charge < -0.3 is 14.2 Å². The van der Waals surface area contributed by atoms with Gasteiger partial charge in [-0.1, -0.05) is 135 Å². The minimum absolute atomic E-state index is 0.0190. The number of esters is 3. The summed E-state index contributed by atoms with van der Waals surface area (Å²) in [7, 11) is 0. The summed E-state index contributed by atoms with van der Waals surface area (Å²) in [5.41, 5.74) is -0.181. The quantitative estimate of drug-likeness (QED) is 0.0486. The lowest BCUT2D eigenvalue weighted by atomic mass is 10.0. The average molecular weight is 804 g/mol. The van der Waals surface area contributed by atoms with Crippen LogP contribution in [0.1, 0.15) is 107 Å². The maximum Gasteiger partial charge on any atom is 0.350 e. The summed E-state index contributed by atoms with van der Waals surface area (Å²) in [4.78, 5) is 69.2. The molecular weight excluding hydrogens is 755 g/mol. The van der Waals surface area contributed by atoms with Crippen molar-refractivity contribution >= 4 is 76.8 Å². The maximum absolute atomic E-state index is 13.9. The number of carbonyl (C=O) groups is 5. The van der Waals surface area contributed by atoms with E-state index in [0.29, 0.717) is 41.1 Å². The Labute approximate surface area is 329 Å². The summed E-state index contributed by atoms with van der Waals surface area (Å²) in [5, 5.41) is 13.2. The number of hydrazine groups is 1. The van der Waals surface area contributed by atoms with Gasteiger partial charge in [0.1, 0.15) is 11.6 Å². The molecule has 0 aromatic heterocycles. The molecule has 288 valence electrons. The molecule has 1 aromatic carbocycles. The van der Waals surface area contributed by atoms with Gasteiger partial charge in [-0.05, 0) is 25.2 Å². The Morgan fingerprint density at radius 1 is 0.717 bits per heavy atom. The molecule has 4 rings (SSSR count). The lowest BCUT2D eigenvalue weighted by Crippen LogP contribution is -2.42. The van der Waals surface area contributed by atoms with E-state index in [4.69, 9.17) is 14.2 Å². The minimum atomic E-state index is -0.756. The molecule has 2 amide bonds. The molecule has 15 heteroatoms. The molecule has 53 heavy (non-hydrogen) atoms. The summed E-state index contributed by atoms with van der Waals surface area (Å²) < 4.78 is 18.4. The van der Waals surface area contributed by atoms with Gasteiger partial charge in [-0.2, -0.15) is 5.26 Å². The third kappa shape index (κ3) is 9.61. The number of rotatable bonds is 17. The predicted molar refractivity (Wildman–Crippen MR) is 208 cm³/mol. The zero-order chi connectivity index (χ0) is 39.0. The van der Waals surface area contributed by atoms with E-state index in [2.05, 4.69) is 6.92 Å². The highest BCUT2D eigenvalue weighted by Crippen LogP contribution is 2.68. The van der Waals surface area contributed by atoms with Crippen LogP contribution in [0.4, 0.5) is 0 Å². The number of carbonyl (C=O) groups excluding carboxylic acids is 5. The fraction of sp³-hybridized carbons (Fsp3) is 0.579. The van der Waals surface area contributed by atoms with Gasteiger partial charge in [0.05, 0.1) is 46.5 Å². The normalized spacial score (nSPS) is 15.7. The lowest BCUT2D eigenvalue weighted by molar-refractivity contribution is -0.147. The summed E-state index contributed by atoms with van der Waals surface area (Å²) in [6, 6.07) is 2.01. The van der Waals surface area contributed by atoms with Gasteiger partial charge in [0.15, 0.2) is 17.1 Å². The van der Waals surface area contributed by atoms with Crippen molar-refractivity contribution in [1.82, 2.24) is 10.0 Å². The number of fused-ring (bicyclic) bond motifs is 2. The maximum atomic E-state index is 13.9. The zero-order valence-corrected chi connectivity index (χ0v) is 35.0. The van der Waals surface area contributed by atoms with E-state index in [1.54, 1.807) is 27.7 Å². The van der Waals surface area contributed by atoms with Crippen LogP contribution in [0.25, 0.3) is 0 Å². The van der Waals surface area contributed by atoms with Gasteiger partial charge in [0.25, 0.3) is 11.8 Å². The van der Waals surface area contributed by atoms with Crippen molar-refractivity contribution < 1.29 is 38.2 Å². The van der Waals surface area contributed by atoms with Crippen molar-refractivity contribution in [2.24, 2.45) is 17.8 Å². The molecule has 0 N–H and O–H groups in total. The molecule has 3 heterocycles. The largest absolute Gasteiger partial charge is 0.461 e. The van der Waals surface area contributed by atoms with Crippen LogP contribution in [0.2, 0.25) is 0 Å². The van der Waals surface area contributed by atoms with Crippen LogP contribution in [0.3, 0.4) is 0 Å². The monoisotopic (exact) mass is 803 g/mol. The first-order chi connectivity index (χ1) is 25.3. The van der Waals surface area contributed by atoms with Crippen LogP contribution in [0.5, 0.6) is 11.5 Å². The molecule has 0 spiro atoms. The van der Waals surface area contributed by atoms with Gasteiger partial charge in [-0.3, -0.25) is 19.2 Å². The molecule has 0 radical (unpaired) electrons. The van der Waals surface area contributed by atoms with E-state index in [0.717, 1.165) is 98.4 Å². The number of thioether (sulfide) groups is 4. The first-order valence-corrected chi connectivity index (χ1v) is 21.7. The summed E-state index contributed by atoms with van der Waals surface area (Å²) in [6.07, 6.45) is 6.91. The number of nitriles is 1. The van der Waals surface area contributed by atoms with E-state index in [-0.39, 0.29) is 35.2 Å². The second-order valence-corrected chi connectivity index (χ2v) is 18.1. The zero-order valence-electron chi connectivity index (χ0n) is 31.8. The van der Waals surface area contributed by atoms with Crippen LogP contribution in [0, 0.1) is 29.1 Å². The first-order valence-electron chi connectivity index (χ1n) is 18.4. The minimum Gasteiger partial charge on any atom is -0.461 e. The molecular formula is C38H49N3O8S4. The van der Waals surface area contributed by atoms with E-state index in [9.17, 15) is 29.2 Å². The highest BCUT2D eigenvalue weighted by Gasteiger charge is 2.46. The molecule has 0 bridgehead atoms. The number of hydrogen-bond acceptors (Lipinski definition) is 13. The lowest BCUT2D eigenvalue weighted by Gasteiger charge is -2.27. The average Bonchev–Trinajstić information content (AvgIpc) is 3.82. The Balaban J connectivity index is 1.86. The third-order valence-electron chi connectivity index (χ3n) is 8.72. The van der Waals surface area contributed by atoms with Crippen LogP contribution < -0.4 is 9.47 Å². The van der Waals surface area contributed by atoms with Crippen LogP contribution >= 0.6 is 47.0 Å². The molecule has 1 fully saturated rings. The van der Waals surface area contributed by atoms with Crippen molar-refractivity contribution in [3.8, 4) is 17.6 Å². The second kappa shape index (κ2) is 19.5. The van der Waals surface area contributed by atoms with Crippen molar-refractivity contribution in [2.75, 3.05) is 19.7 Å². The van der Waals surface area contributed by atoms with Gasteiger partial charge in [0, 0.05) is 13.1 Å². The molecule has 0 saturated carbocycles. The fourth-order valence-electron chi connectivity index (χ4n) is 5.37. The Morgan fingerprint density at radius 3 is 1.57 bits per heavy atom. The number of nitrogens with zero attached hydrogens (tertiary/aromatic N) is 3. The number of ether oxygens (including phenoxy) is 3. The summed E-state index contributed by atoms with van der Waals surface area (Å²) in [6.45, 7) is 16.0. The van der Waals surface area contributed by atoms with Gasteiger partial charge >= 0.3 is 17.9 Å². The predicted octanol–water partition coefficient (Wildman–Crippen LogP) is 9.10. The number of hydrogen-bond donors (Lipinski definition) is 0. The molecule has 3 aliphatic rings. The highest BCUT2D eigenvalue weighted by atomic mass is 32.2. The molecule has 3 aliphatic heterocycles. The Bertz CT molecular complexity index is 1640. The van der Waals surface area contributed by atoms with Gasteiger partial charge in [-0.15, -0.1) is 0 Å². The molecule has 1 atom stereocenters. The van der Waals surface area contributed by atoms with Crippen LogP contribution in [-0.4, -0.2) is 59.4 Å². The van der Waals surface area contributed by atoms with E-state index in [1.165, 1.54) is 10.0 Å². The molecule has 0 aliphatic carbocycles. The Morgan fingerprint density at radius 2 is 1.17 bits per heavy atom. The van der Waals surface area contributed by atoms with Crippen molar-refractivity contribution in [2.45, 2.75) is 126 Å². The van der Waals surface area contributed by atoms with Gasteiger partial charge in [0.2, 0.25) is 0 Å². The van der Waals surface area contributed by atoms with Gasteiger partial charge in [-0.25, -0.2) is 14.8 Å². The SMILES string of the molecule is CCCCC(CC)COC(=O)C(C#N)=C1Sc2c(OC(=O)C(C)C)c3c(c(OC(=O)C(C)C)c2S1)SC(=C1C(=O)N(CCCC)N(CCCC)C1=O)S3. The van der Waals surface area contributed by atoms with Crippen LogP contribution in [0.15, 0.2) is 39.2 Å². The Hall–Kier alpha value is -3.06. The van der Waals surface area contributed by atoms with Crippen molar-refractivity contribution in [3.05, 3.63) is 19.6 Å². The number of amides is 2. The summed E-state index contributed by atoms with van der Waals surface area (Å²) in [5.74, 6) is -3.16. The number of unbranched alkanes of at least 4 members (excludes halogenated alkanes) is 3. The molecule has 11 nitrogen and oxygen atoms in total. The van der Waals surface area contributed by atoms with E-state index >= 15 is 0 Å². The molecule has 1 saturated heterocycles. The topological polar surface area (TPSA) is 143 Å². The first kappa shape index (κ1) is 42.7. The Kier molecular flexibility index (Phi) is 15.7. The standard InChI is InChI=1S/C38H49N3O8S4/c1-9-13-16-23(12-4)20-47-36(46)24(19-39)37-50-28-26(48-34(44)21(5)6)30-31(27(29(28)51-37)49-35(45)22(7)8)53-38(52-30)25-32(42)40(17-14-10-2)41(33(25)43)18-15-11-3/h21-23H,9-18,20H2,1-8H3. The fourth-order valence-corrected chi connectivity index (χ4v) is 10.8. The van der Waals surface area contributed by atoms with E-state index < -0.39 is 41.6 Å². The highest BCUT2D eigenvalue weighted by molar-refractivity contribution is 8.26. The van der Waals surface area contributed by atoms with Crippen molar-refractivity contribution in [1.29, 1.82) is 5.26 Å². The number of benzene rings is 1. The third-order valence-corrected chi connectivity index (χ3v) is 13.9. The van der Waals surface area contributed by atoms with Crippen LogP contribution in [-0.2, 0) is 28.7 Å². The summed E-state index contributed by atoms with van der Waals surface area (Å²) >= 11 is 4.35. The van der Waals surface area contributed by atoms with E-state index in [1.807, 2.05) is 26.8 Å². The second-order valence-electron chi connectivity index (χ2n) is 13.5.